The number of hydrogen-bond donors (Lipinski definition) is 3. The van der Waals surface area contributed by atoms with Crippen LogP contribution in [0.25, 0.3) is 0 Å². The van der Waals surface area contributed by atoms with Gasteiger partial charge in [0.25, 0.3) is 5.91 Å². The van der Waals surface area contributed by atoms with Crippen molar-refractivity contribution in [1.29, 1.82) is 0 Å². The molecule has 3 rings (SSSR count). The van der Waals surface area contributed by atoms with E-state index in [0.29, 0.717) is 22.3 Å². The molecule has 0 saturated heterocycles. The first-order chi connectivity index (χ1) is 10.1. The van der Waals surface area contributed by atoms with E-state index in [2.05, 4.69) is 20.8 Å². The van der Waals surface area contributed by atoms with E-state index in [1.54, 1.807) is 24.3 Å². The summed E-state index contributed by atoms with van der Waals surface area (Å²) in [5.74, 6) is 0.256. The molecule has 7 nitrogen and oxygen atoms in total. The van der Waals surface area contributed by atoms with Crippen LogP contribution in [0.2, 0.25) is 0 Å². The fourth-order valence-corrected chi connectivity index (χ4v) is 2.70. The summed E-state index contributed by atoms with van der Waals surface area (Å²) in [5, 5.41) is 14.7. The van der Waals surface area contributed by atoms with Crippen molar-refractivity contribution in [3.8, 4) is 0 Å². The first kappa shape index (κ1) is 13.5. The highest BCUT2D eigenvalue weighted by molar-refractivity contribution is 7.15. The molecule has 1 aromatic heterocycles. The second-order valence-electron chi connectivity index (χ2n) is 4.74. The van der Waals surface area contributed by atoms with Crippen molar-refractivity contribution in [2.24, 2.45) is 5.73 Å². The van der Waals surface area contributed by atoms with Crippen LogP contribution in [0.15, 0.2) is 24.3 Å². The topological polar surface area (TPSA) is 110 Å². The molecule has 1 heterocycles. The van der Waals surface area contributed by atoms with Crippen LogP contribution in [0.4, 0.5) is 15.6 Å². The number of benzene rings is 1. The standard InChI is InChI=1S/C13H13N5O2S/c14-12(20)15-9-5-3-7(4-6-9)10(19)16-13-18-17-11(21-13)8-1-2-8/h3-6,8H,1-2H2,(H3,14,15,20)(H,16,18,19). The number of primary amides is 1. The number of anilines is 2. The van der Waals surface area contributed by atoms with E-state index in [1.165, 1.54) is 11.3 Å². The van der Waals surface area contributed by atoms with Crippen molar-refractivity contribution >= 4 is 34.1 Å². The number of nitrogens with two attached hydrogens (primary N) is 1. The number of aromatic nitrogens is 2. The summed E-state index contributed by atoms with van der Waals surface area (Å²) >= 11 is 1.41. The van der Waals surface area contributed by atoms with E-state index in [-0.39, 0.29) is 5.91 Å². The quantitative estimate of drug-likeness (QED) is 0.803. The number of hydrogen-bond acceptors (Lipinski definition) is 5. The summed E-state index contributed by atoms with van der Waals surface area (Å²) in [6.45, 7) is 0. The van der Waals surface area contributed by atoms with Gasteiger partial charge in [-0.25, -0.2) is 4.79 Å². The lowest BCUT2D eigenvalue weighted by atomic mass is 10.2. The number of urea groups is 1. The summed E-state index contributed by atoms with van der Waals surface area (Å²) in [6, 6.07) is 5.77. The Balaban J connectivity index is 1.65. The van der Waals surface area contributed by atoms with E-state index < -0.39 is 6.03 Å². The van der Waals surface area contributed by atoms with Crippen LogP contribution < -0.4 is 16.4 Å². The molecule has 0 spiro atoms. The Kier molecular flexibility index (Phi) is 3.53. The Morgan fingerprint density at radius 3 is 2.48 bits per heavy atom. The highest BCUT2D eigenvalue weighted by Crippen LogP contribution is 2.42. The Hall–Kier alpha value is -2.48. The van der Waals surface area contributed by atoms with Crippen molar-refractivity contribution in [2.75, 3.05) is 10.6 Å². The smallest absolute Gasteiger partial charge is 0.316 e. The molecule has 0 atom stereocenters. The van der Waals surface area contributed by atoms with Gasteiger partial charge in [-0.1, -0.05) is 11.3 Å². The van der Waals surface area contributed by atoms with E-state index in [4.69, 9.17) is 5.73 Å². The van der Waals surface area contributed by atoms with Gasteiger partial charge in [-0.15, -0.1) is 10.2 Å². The molecule has 108 valence electrons. The number of nitrogens with one attached hydrogen (secondary N) is 2. The predicted octanol–water partition coefficient (Wildman–Crippen LogP) is 2.16. The van der Waals surface area contributed by atoms with Gasteiger partial charge in [0.15, 0.2) is 0 Å². The Bertz CT molecular complexity index is 678. The minimum absolute atomic E-state index is 0.265. The SMILES string of the molecule is NC(=O)Nc1ccc(C(=O)Nc2nnc(C3CC3)s2)cc1. The number of rotatable bonds is 4. The molecule has 3 amide bonds. The molecule has 8 heteroatoms. The van der Waals surface area contributed by atoms with E-state index in [1.807, 2.05) is 0 Å². The number of amides is 3. The van der Waals surface area contributed by atoms with Gasteiger partial charge in [-0.3, -0.25) is 10.1 Å². The summed E-state index contributed by atoms with van der Waals surface area (Å²) in [6.07, 6.45) is 2.30. The fourth-order valence-electron chi connectivity index (χ4n) is 1.80. The second-order valence-corrected chi connectivity index (χ2v) is 5.75. The van der Waals surface area contributed by atoms with Crippen molar-refractivity contribution in [2.45, 2.75) is 18.8 Å². The monoisotopic (exact) mass is 303 g/mol. The molecule has 4 N–H and O–H groups in total. The molecule has 21 heavy (non-hydrogen) atoms. The van der Waals surface area contributed by atoms with Gasteiger partial charge >= 0.3 is 6.03 Å². The van der Waals surface area contributed by atoms with Gasteiger partial charge in [-0.2, -0.15) is 0 Å². The number of carbonyl (C=O) groups is 2. The Morgan fingerprint density at radius 2 is 1.86 bits per heavy atom. The van der Waals surface area contributed by atoms with Gasteiger partial charge < -0.3 is 11.1 Å². The summed E-state index contributed by atoms with van der Waals surface area (Å²) < 4.78 is 0. The lowest BCUT2D eigenvalue weighted by Gasteiger charge is -2.04. The maximum Gasteiger partial charge on any atom is 0.316 e. The zero-order valence-corrected chi connectivity index (χ0v) is 11.8. The van der Waals surface area contributed by atoms with Crippen molar-refractivity contribution in [3.05, 3.63) is 34.8 Å². The maximum atomic E-state index is 12.1. The number of carbonyl (C=O) groups excluding carboxylic acids is 2. The van der Waals surface area contributed by atoms with Gasteiger partial charge in [0.05, 0.1) is 0 Å². The average Bonchev–Trinajstić information content (AvgIpc) is 3.20. The van der Waals surface area contributed by atoms with Crippen molar-refractivity contribution in [1.82, 2.24) is 10.2 Å². The third-order valence-electron chi connectivity index (χ3n) is 3.00. The highest BCUT2D eigenvalue weighted by atomic mass is 32.1. The molecular weight excluding hydrogens is 290 g/mol. The van der Waals surface area contributed by atoms with Crippen LogP contribution in [0.3, 0.4) is 0 Å². The van der Waals surface area contributed by atoms with Crippen LogP contribution in [0, 0.1) is 0 Å². The van der Waals surface area contributed by atoms with E-state index in [0.717, 1.165) is 17.8 Å². The van der Waals surface area contributed by atoms with Gasteiger partial charge in [0.1, 0.15) is 5.01 Å². The fraction of sp³-hybridized carbons (Fsp3) is 0.231. The first-order valence-electron chi connectivity index (χ1n) is 6.43. The highest BCUT2D eigenvalue weighted by Gasteiger charge is 2.27. The normalized spacial score (nSPS) is 13.7. The zero-order valence-electron chi connectivity index (χ0n) is 11.0. The molecule has 0 unspecified atom stereocenters. The van der Waals surface area contributed by atoms with Crippen LogP contribution in [0.1, 0.15) is 34.1 Å². The predicted molar refractivity (Wildman–Crippen MR) is 79.5 cm³/mol. The van der Waals surface area contributed by atoms with Crippen molar-refractivity contribution < 1.29 is 9.59 Å². The molecule has 0 radical (unpaired) electrons. The minimum atomic E-state index is -0.645. The molecule has 0 aliphatic heterocycles. The Labute approximate surface area is 124 Å². The Morgan fingerprint density at radius 1 is 1.14 bits per heavy atom. The molecule has 0 bridgehead atoms. The van der Waals surface area contributed by atoms with Crippen LogP contribution in [0.5, 0.6) is 0 Å². The minimum Gasteiger partial charge on any atom is -0.351 e. The third-order valence-corrected chi connectivity index (χ3v) is 4.00. The average molecular weight is 303 g/mol. The van der Waals surface area contributed by atoms with Crippen molar-refractivity contribution in [3.63, 3.8) is 0 Å². The lowest BCUT2D eigenvalue weighted by molar-refractivity contribution is 0.102. The maximum absolute atomic E-state index is 12.1. The van der Waals surface area contributed by atoms with E-state index in [9.17, 15) is 9.59 Å². The van der Waals surface area contributed by atoms with Gasteiger partial charge in [-0.05, 0) is 37.1 Å². The van der Waals surface area contributed by atoms with Crippen LogP contribution in [-0.2, 0) is 0 Å². The molecule has 2 aromatic rings. The zero-order chi connectivity index (χ0) is 14.8. The molecule has 1 aliphatic rings. The molecule has 1 saturated carbocycles. The summed E-state index contributed by atoms with van der Waals surface area (Å²) in [4.78, 5) is 22.8. The van der Waals surface area contributed by atoms with Crippen LogP contribution >= 0.6 is 11.3 Å². The van der Waals surface area contributed by atoms with Gasteiger partial charge in [0.2, 0.25) is 5.13 Å². The van der Waals surface area contributed by atoms with E-state index >= 15 is 0 Å². The molecule has 1 aliphatic carbocycles. The largest absolute Gasteiger partial charge is 0.351 e. The first-order valence-corrected chi connectivity index (χ1v) is 7.25. The second kappa shape index (κ2) is 5.49. The summed E-state index contributed by atoms with van der Waals surface area (Å²) in [5.41, 5.74) is 6.01. The van der Waals surface area contributed by atoms with Gasteiger partial charge in [0, 0.05) is 17.2 Å². The molecule has 1 aromatic carbocycles. The summed E-state index contributed by atoms with van der Waals surface area (Å²) in [7, 11) is 0. The number of nitrogens with zero attached hydrogens (tertiary/aromatic N) is 2. The molecular formula is C13H13N5O2S. The third kappa shape index (κ3) is 3.34. The lowest BCUT2D eigenvalue weighted by Crippen LogP contribution is -2.19. The van der Waals surface area contributed by atoms with Crippen LogP contribution in [-0.4, -0.2) is 22.1 Å². The molecule has 1 fully saturated rings.